The molecule has 0 radical (unpaired) electrons. The van der Waals surface area contributed by atoms with E-state index < -0.39 is 17.2 Å². The van der Waals surface area contributed by atoms with E-state index in [1.54, 1.807) is 25.3 Å². The van der Waals surface area contributed by atoms with Crippen molar-refractivity contribution in [3.8, 4) is 22.0 Å². The van der Waals surface area contributed by atoms with Crippen LogP contribution in [0.15, 0.2) is 62.7 Å². The molecule has 0 saturated carbocycles. The molecule has 0 aliphatic carbocycles. The fourth-order valence-electron chi connectivity index (χ4n) is 3.66. The van der Waals surface area contributed by atoms with Gasteiger partial charge in [-0.05, 0) is 25.5 Å². The van der Waals surface area contributed by atoms with Gasteiger partial charge in [-0.2, -0.15) is 0 Å². The monoisotopic (exact) mass is 479 g/mol. The molecule has 34 heavy (non-hydrogen) atoms. The van der Waals surface area contributed by atoms with Gasteiger partial charge in [0.25, 0.3) is 11.5 Å². The Balaban J connectivity index is 1.85. The lowest BCUT2D eigenvalue weighted by Gasteiger charge is -2.23. The molecule has 176 valence electrons. The third-order valence-electron chi connectivity index (χ3n) is 5.38. The number of furan rings is 1. The van der Waals surface area contributed by atoms with Crippen molar-refractivity contribution < 1.29 is 9.21 Å². The van der Waals surface area contributed by atoms with Crippen LogP contribution in [-0.2, 0) is 6.54 Å². The number of carbonyl (C=O) groups excluding carboxylic acids is 1. The molecular formula is C24H25N5O4S. The maximum absolute atomic E-state index is 13.8. The summed E-state index contributed by atoms with van der Waals surface area (Å²) in [5.41, 5.74) is 6.16. The Labute approximate surface area is 199 Å². The van der Waals surface area contributed by atoms with Crippen LogP contribution in [0.4, 0.5) is 11.5 Å². The molecule has 0 spiro atoms. The van der Waals surface area contributed by atoms with Crippen molar-refractivity contribution in [1.82, 2.24) is 14.5 Å². The molecule has 3 aromatic heterocycles. The molecule has 0 atom stereocenters. The molecule has 3 heterocycles. The van der Waals surface area contributed by atoms with Crippen LogP contribution in [0, 0.1) is 0 Å². The minimum Gasteiger partial charge on any atom is -0.462 e. The van der Waals surface area contributed by atoms with Crippen molar-refractivity contribution in [2.45, 2.75) is 33.2 Å². The average Bonchev–Trinajstić information content (AvgIpc) is 3.52. The molecular weight excluding hydrogens is 454 g/mol. The summed E-state index contributed by atoms with van der Waals surface area (Å²) < 4.78 is 6.79. The predicted molar refractivity (Wildman–Crippen MR) is 133 cm³/mol. The van der Waals surface area contributed by atoms with Gasteiger partial charge in [-0.25, -0.2) is 9.78 Å². The van der Waals surface area contributed by atoms with Gasteiger partial charge in [0.1, 0.15) is 10.7 Å². The number of thiazole rings is 1. The van der Waals surface area contributed by atoms with E-state index in [9.17, 15) is 14.4 Å². The number of anilines is 2. The lowest BCUT2D eigenvalue weighted by molar-refractivity contribution is 0.0992. The molecule has 0 unspecified atom stereocenters. The van der Waals surface area contributed by atoms with E-state index in [0.29, 0.717) is 34.3 Å². The van der Waals surface area contributed by atoms with Gasteiger partial charge < -0.3 is 10.2 Å². The first-order chi connectivity index (χ1) is 16.5. The van der Waals surface area contributed by atoms with Crippen molar-refractivity contribution in [2.24, 2.45) is 0 Å². The normalized spacial score (nSPS) is 11.0. The lowest BCUT2D eigenvalue weighted by Crippen LogP contribution is -2.41. The van der Waals surface area contributed by atoms with E-state index >= 15 is 0 Å². The number of benzene rings is 1. The first kappa shape index (κ1) is 23.2. The standard InChI is InChI=1S/C24H25N5O4S/c1-3-5-13-29-20(25)18(21(30)27-24(29)32)28(4-2)23(31)19-17(15-10-7-6-8-11-15)26-22(34-19)16-12-9-14-33-16/h6-12,14H,3-5,13,25H2,1-2H3,(H,27,30,32). The molecule has 9 nitrogen and oxygen atoms in total. The van der Waals surface area contributed by atoms with E-state index in [0.717, 1.165) is 12.0 Å². The predicted octanol–water partition coefficient (Wildman–Crippen LogP) is 3.97. The van der Waals surface area contributed by atoms with Gasteiger partial charge >= 0.3 is 5.69 Å². The van der Waals surface area contributed by atoms with Crippen LogP contribution < -0.4 is 21.9 Å². The maximum atomic E-state index is 13.8. The van der Waals surface area contributed by atoms with Gasteiger partial charge in [0.15, 0.2) is 16.5 Å². The zero-order valence-electron chi connectivity index (χ0n) is 18.9. The number of aromatic amines is 1. The Morgan fingerprint density at radius 3 is 2.59 bits per heavy atom. The largest absolute Gasteiger partial charge is 0.462 e. The molecule has 0 aliphatic rings. The highest BCUT2D eigenvalue weighted by molar-refractivity contribution is 7.17. The highest BCUT2D eigenvalue weighted by Gasteiger charge is 2.29. The van der Waals surface area contributed by atoms with Gasteiger partial charge in [-0.1, -0.05) is 43.7 Å². The summed E-state index contributed by atoms with van der Waals surface area (Å²) in [7, 11) is 0. The summed E-state index contributed by atoms with van der Waals surface area (Å²) >= 11 is 1.17. The van der Waals surface area contributed by atoms with E-state index in [4.69, 9.17) is 10.2 Å². The Morgan fingerprint density at radius 2 is 1.94 bits per heavy atom. The summed E-state index contributed by atoms with van der Waals surface area (Å²) in [6.07, 6.45) is 3.08. The van der Waals surface area contributed by atoms with Crippen LogP contribution in [0.2, 0.25) is 0 Å². The molecule has 10 heteroatoms. The summed E-state index contributed by atoms with van der Waals surface area (Å²) in [6.45, 7) is 4.24. The third kappa shape index (κ3) is 4.32. The van der Waals surface area contributed by atoms with Gasteiger partial charge in [-0.15, -0.1) is 11.3 Å². The van der Waals surface area contributed by atoms with Crippen molar-refractivity contribution in [2.75, 3.05) is 17.2 Å². The zero-order valence-corrected chi connectivity index (χ0v) is 19.7. The number of nitrogen functional groups attached to an aromatic ring is 1. The molecule has 1 aromatic carbocycles. The molecule has 3 N–H and O–H groups in total. The van der Waals surface area contributed by atoms with Crippen LogP contribution in [0.1, 0.15) is 36.4 Å². The first-order valence-electron chi connectivity index (χ1n) is 11.0. The van der Waals surface area contributed by atoms with Crippen LogP contribution >= 0.6 is 11.3 Å². The number of rotatable bonds is 8. The number of unbranched alkanes of at least 4 members (excludes halogenated alkanes) is 1. The van der Waals surface area contributed by atoms with Gasteiger partial charge in [-0.3, -0.25) is 24.0 Å². The summed E-state index contributed by atoms with van der Waals surface area (Å²) in [6, 6.07) is 12.8. The maximum Gasteiger partial charge on any atom is 0.330 e. The molecule has 0 bridgehead atoms. The van der Waals surface area contributed by atoms with E-state index in [1.807, 2.05) is 37.3 Å². The number of aromatic nitrogens is 3. The van der Waals surface area contributed by atoms with E-state index in [-0.39, 0.29) is 18.1 Å². The SMILES string of the molecule is CCCCn1c(N)c(N(CC)C(=O)c2sc(-c3ccco3)nc2-c2ccccc2)c(=O)[nH]c1=O. The number of carbonyl (C=O) groups is 1. The second-order valence-corrected chi connectivity index (χ2v) is 8.59. The second kappa shape index (κ2) is 9.92. The van der Waals surface area contributed by atoms with Gasteiger partial charge in [0.05, 0.1) is 12.0 Å². The molecule has 0 fully saturated rings. The van der Waals surface area contributed by atoms with Crippen molar-refractivity contribution in [3.05, 3.63) is 74.4 Å². The van der Waals surface area contributed by atoms with Crippen LogP contribution in [0.25, 0.3) is 22.0 Å². The fourth-order valence-corrected chi connectivity index (χ4v) is 4.67. The highest BCUT2D eigenvalue weighted by Crippen LogP contribution is 2.35. The number of amides is 1. The molecule has 0 aliphatic heterocycles. The summed E-state index contributed by atoms with van der Waals surface area (Å²) in [5, 5.41) is 0.540. The second-order valence-electron chi connectivity index (χ2n) is 7.59. The molecule has 4 aromatic rings. The first-order valence-corrected chi connectivity index (χ1v) is 11.8. The Kier molecular flexibility index (Phi) is 6.78. The smallest absolute Gasteiger partial charge is 0.330 e. The van der Waals surface area contributed by atoms with Crippen molar-refractivity contribution in [1.29, 1.82) is 0 Å². The quantitative estimate of drug-likeness (QED) is 0.394. The Morgan fingerprint density at radius 1 is 1.18 bits per heavy atom. The summed E-state index contributed by atoms with van der Waals surface area (Å²) in [5.74, 6) is 0.0683. The fraction of sp³-hybridized carbons (Fsp3) is 0.250. The number of hydrogen-bond acceptors (Lipinski definition) is 7. The van der Waals surface area contributed by atoms with Gasteiger partial charge in [0, 0.05) is 18.7 Å². The molecule has 1 amide bonds. The number of H-pyrrole nitrogens is 1. The van der Waals surface area contributed by atoms with Crippen LogP contribution in [0.3, 0.4) is 0 Å². The Hall–Kier alpha value is -3.92. The number of hydrogen-bond donors (Lipinski definition) is 2. The van der Waals surface area contributed by atoms with Crippen molar-refractivity contribution in [3.63, 3.8) is 0 Å². The lowest BCUT2D eigenvalue weighted by atomic mass is 10.1. The van der Waals surface area contributed by atoms with Crippen LogP contribution in [-0.4, -0.2) is 27.0 Å². The Bertz CT molecular complexity index is 1400. The topological polar surface area (TPSA) is 127 Å². The zero-order chi connectivity index (χ0) is 24.2. The highest BCUT2D eigenvalue weighted by atomic mass is 32.1. The van der Waals surface area contributed by atoms with Crippen LogP contribution in [0.5, 0.6) is 0 Å². The number of nitrogens with one attached hydrogen (secondary N) is 1. The minimum absolute atomic E-state index is 0.0329. The summed E-state index contributed by atoms with van der Waals surface area (Å²) in [4.78, 5) is 47.6. The average molecular weight is 480 g/mol. The molecule has 0 saturated heterocycles. The van der Waals surface area contributed by atoms with E-state index in [1.165, 1.54) is 20.8 Å². The van der Waals surface area contributed by atoms with Gasteiger partial charge in [0.2, 0.25) is 0 Å². The number of nitrogens with two attached hydrogens (primary N) is 1. The minimum atomic E-state index is -0.706. The molecule has 4 rings (SSSR count). The van der Waals surface area contributed by atoms with E-state index in [2.05, 4.69) is 9.97 Å². The number of nitrogens with zero attached hydrogens (tertiary/aromatic N) is 3. The third-order valence-corrected chi connectivity index (χ3v) is 6.44. The van der Waals surface area contributed by atoms with Crippen molar-refractivity contribution >= 4 is 28.7 Å².